The molecular weight excluding hydrogens is 638 g/mol. The van der Waals surface area contributed by atoms with Crippen molar-refractivity contribution < 1.29 is 19.5 Å². The second kappa shape index (κ2) is 14.0. The number of halogens is 1. The van der Waals surface area contributed by atoms with Gasteiger partial charge in [0.25, 0.3) is 0 Å². The minimum absolute atomic E-state index is 0.0455. The summed E-state index contributed by atoms with van der Waals surface area (Å²) in [4.78, 5) is 49.2. The average molecular weight is 681 g/mol. The Bertz CT molecular complexity index is 1360. The Morgan fingerprint density at radius 1 is 1.07 bits per heavy atom. The van der Waals surface area contributed by atoms with Gasteiger partial charge < -0.3 is 19.8 Å². The molecule has 9 heteroatoms. The van der Waals surface area contributed by atoms with Gasteiger partial charge in [-0.1, -0.05) is 102 Å². The molecule has 1 N–H and O–H groups in total. The fraction of sp³-hybridized carbons (Fsp3) is 0.457. The Labute approximate surface area is 273 Å². The van der Waals surface area contributed by atoms with Crippen LogP contribution in [0.2, 0.25) is 0 Å². The molecule has 0 saturated carbocycles. The number of likely N-dealkylation sites (tertiary alicyclic amines) is 1. The largest absolute Gasteiger partial charge is 0.394 e. The van der Waals surface area contributed by atoms with E-state index in [9.17, 15) is 19.5 Å². The summed E-state index contributed by atoms with van der Waals surface area (Å²) < 4.78 is -0.812. The number of thioether (sulfide) groups is 1. The average Bonchev–Trinajstić information content (AvgIpc) is 3.63. The number of nitrogens with zero attached hydrogens (tertiary/aromatic N) is 3. The van der Waals surface area contributed by atoms with Gasteiger partial charge in [0.15, 0.2) is 0 Å². The maximum Gasteiger partial charge on any atom is 0.247 e. The number of alkyl halides is 1. The van der Waals surface area contributed by atoms with Gasteiger partial charge in [-0.3, -0.25) is 14.4 Å². The zero-order valence-corrected chi connectivity index (χ0v) is 27.7. The molecular formula is C35H42BrN3O4S. The molecule has 3 fully saturated rings. The van der Waals surface area contributed by atoms with Crippen LogP contribution in [0.5, 0.6) is 0 Å². The van der Waals surface area contributed by atoms with Crippen molar-refractivity contribution in [2.75, 3.05) is 26.2 Å². The van der Waals surface area contributed by atoms with E-state index in [1.807, 2.05) is 60.7 Å². The van der Waals surface area contributed by atoms with Crippen LogP contribution in [0.4, 0.5) is 0 Å². The summed E-state index contributed by atoms with van der Waals surface area (Å²) >= 11 is 5.51. The van der Waals surface area contributed by atoms with Crippen LogP contribution in [0.3, 0.4) is 0 Å². The minimum Gasteiger partial charge on any atom is -0.394 e. The summed E-state index contributed by atoms with van der Waals surface area (Å²) in [6.07, 6.45) is 5.77. The molecule has 0 radical (unpaired) electrons. The van der Waals surface area contributed by atoms with E-state index in [1.165, 1.54) is 0 Å². The summed E-state index contributed by atoms with van der Waals surface area (Å²) in [5.41, 5.74) is 1.76. The van der Waals surface area contributed by atoms with Crippen molar-refractivity contribution in [3.8, 4) is 0 Å². The van der Waals surface area contributed by atoms with Crippen molar-refractivity contribution in [3.05, 3.63) is 97.1 Å². The highest BCUT2D eigenvalue weighted by atomic mass is 79.9. The van der Waals surface area contributed by atoms with Gasteiger partial charge in [0.2, 0.25) is 17.7 Å². The SMILES string of the molecule is C=CCN(CCCC)C(=O)C1N([C@H](CO)c2ccccc2)C(=O)[C@@H]2[C@@H](C(=O)N(CC=C)Cc3ccccc3)[C@@H]3SC12CC3Br. The molecule has 3 aliphatic rings. The third kappa shape index (κ3) is 5.79. The second-order valence-electron chi connectivity index (χ2n) is 11.9. The molecule has 3 aliphatic heterocycles. The summed E-state index contributed by atoms with van der Waals surface area (Å²) in [6.45, 7) is 11.2. The first-order valence-corrected chi connectivity index (χ1v) is 17.3. The van der Waals surface area contributed by atoms with Gasteiger partial charge in [-0.2, -0.15) is 0 Å². The highest BCUT2D eigenvalue weighted by Gasteiger charge is 2.76. The van der Waals surface area contributed by atoms with E-state index >= 15 is 0 Å². The number of amides is 3. The lowest BCUT2D eigenvalue weighted by Crippen LogP contribution is -2.56. The van der Waals surface area contributed by atoms with Crippen molar-refractivity contribution in [3.63, 3.8) is 0 Å². The second-order valence-corrected chi connectivity index (χ2v) is 14.7. The molecule has 1 spiro atoms. The number of hydrogen-bond donors (Lipinski definition) is 1. The highest BCUT2D eigenvalue weighted by molar-refractivity contribution is 9.09. The van der Waals surface area contributed by atoms with Gasteiger partial charge in [-0.25, -0.2) is 0 Å². The normalized spacial score (nSPS) is 27.6. The monoisotopic (exact) mass is 679 g/mol. The van der Waals surface area contributed by atoms with Crippen molar-refractivity contribution >= 4 is 45.4 Å². The summed E-state index contributed by atoms with van der Waals surface area (Å²) in [5, 5.41) is 10.6. The molecule has 7 nitrogen and oxygen atoms in total. The molecule has 2 bridgehead atoms. The number of hydrogen-bond acceptors (Lipinski definition) is 5. The summed E-state index contributed by atoms with van der Waals surface area (Å²) in [7, 11) is 0. The molecule has 2 aromatic rings. The van der Waals surface area contributed by atoms with E-state index in [4.69, 9.17) is 0 Å². The van der Waals surface area contributed by atoms with Gasteiger partial charge in [-0.15, -0.1) is 24.9 Å². The van der Waals surface area contributed by atoms with E-state index in [1.54, 1.807) is 38.6 Å². The molecule has 2 aromatic carbocycles. The maximum atomic E-state index is 14.8. The van der Waals surface area contributed by atoms with Gasteiger partial charge in [-0.05, 0) is 24.0 Å². The number of unbranched alkanes of at least 4 members (excludes halogenated alkanes) is 1. The molecule has 0 aliphatic carbocycles. The molecule has 3 amide bonds. The molecule has 5 rings (SSSR count). The fourth-order valence-corrected chi connectivity index (χ4v) is 11.0. The first-order valence-electron chi connectivity index (χ1n) is 15.5. The fourth-order valence-electron chi connectivity index (χ4n) is 7.37. The predicted molar refractivity (Wildman–Crippen MR) is 179 cm³/mol. The third-order valence-corrected chi connectivity index (χ3v) is 12.5. The van der Waals surface area contributed by atoms with E-state index in [0.29, 0.717) is 32.6 Å². The van der Waals surface area contributed by atoms with Crippen molar-refractivity contribution in [2.24, 2.45) is 11.8 Å². The molecule has 3 heterocycles. The Morgan fingerprint density at radius 3 is 2.32 bits per heavy atom. The van der Waals surface area contributed by atoms with E-state index in [0.717, 1.165) is 24.0 Å². The molecule has 44 heavy (non-hydrogen) atoms. The first kappa shape index (κ1) is 32.5. The Hall–Kier alpha value is -2.88. The predicted octanol–water partition coefficient (Wildman–Crippen LogP) is 5.21. The molecule has 3 unspecified atom stereocenters. The maximum absolute atomic E-state index is 14.8. The van der Waals surface area contributed by atoms with Crippen LogP contribution in [0.25, 0.3) is 0 Å². The lowest BCUT2D eigenvalue weighted by atomic mass is 9.70. The van der Waals surface area contributed by atoms with Crippen LogP contribution >= 0.6 is 27.7 Å². The standard InChI is InChI=1S/C35H42BrN3O4S/c1-4-7-20-37(18-5-2)34(43)31-35-21-26(36)30(44-35)28(32(41)38(19-6-3)22-24-14-10-8-11-15-24)29(35)33(42)39(31)27(23-40)25-16-12-9-13-17-25/h5-6,8-17,26-31,40H,2-4,7,18-23H2,1H3/t26?,27-,28-,29+,30-,31?,35?/m1/s1. The van der Waals surface area contributed by atoms with Crippen LogP contribution < -0.4 is 0 Å². The number of aliphatic hydroxyl groups is 1. The number of rotatable bonds is 14. The number of carbonyl (C=O) groups excluding carboxylic acids is 3. The van der Waals surface area contributed by atoms with Crippen molar-refractivity contribution in [2.45, 2.75) is 59.6 Å². The highest BCUT2D eigenvalue weighted by Crippen LogP contribution is 2.68. The van der Waals surface area contributed by atoms with E-state index in [-0.39, 0.29) is 34.4 Å². The van der Waals surface area contributed by atoms with E-state index < -0.39 is 28.7 Å². The third-order valence-electron chi connectivity index (χ3n) is 9.26. The van der Waals surface area contributed by atoms with Gasteiger partial charge in [0.05, 0.1) is 29.2 Å². The number of benzene rings is 2. The van der Waals surface area contributed by atoms with Crippen molar-refractivity contribution in [1.29, 1.82) is 0 Å². The first-order chi connectivity index (χ1) is 21.3. The van der Waals surface area contributed by atoms with Crippen LogP contribution in [0, 0.1) is 11.8 Å². The lowest BCUT2D eigenvalue weighted by Gasteiger charge is -2.40. The molecule has 0 aromatic heterocycles. The molecule has 7 atom stereocenters. The topological polar surface area (TPSA) is 81.2 Å². The molecule has 3 saturated heterocycles. The number of carbonyl (C=O) groups is 3. The van der Waals surface area contributed by atoms with E-state index in [2.05, 4.69) is 36.0 Å². The molecule has 234 valence electrons. The Morgan fingerprint density at radius 2 is 1.70 bits per heavy atom. The zero-order chi connectivity index (χ0) is 31.4. The quantitative estimate of drug-likeness (QED) is 0.219. The number of fused-ring (bicyclic) bond motifs is 1. The minimum atomic E-state index is -0.830. The van der Waals surface area contributed by atoms with Crippen LogP contribution in [-0.4, -0.2) is 84.6 Å². The lowest BCUT2D eigenvalue weighted by molar-refractivity contribution is -0.147. The number of aliphatic hydroxyl groups excluding tert-OH is 1. The Balaban J connectivity index is 1.59. The smallest absolute Gasteiger partial charge is 0.247 e. The van der Waals surface area contributed by atoms with Gasteiger partial charge >= 0.3 is 0 Å². The Kier molecular flexibility index (Phi) is 10.4. The van der Waals surface area contributed by atoms with Crippen LogP contribution in [-0.2, 0) is 20.9 Å². The zero-order valence-electron chi connectivity index (χ0n) is 25.3. The van der Waals surface area contributed by atoms with Crippen molar-refractivity contribution in [1.82, 2.24) is 14.7 Å². The van der Waals surface area contributed by atoms with Gasteiger partial charge in [0.1, 0.15) is 6.04 Å². The van der Waals surface area contributed by atoms with Gasteiger partial charge in [0, 0.05) is 36.3 Å². The van der Waals surface area contributed by atoms with Crippen LogP contribution in [0.15, 0.2) is 86.0 Å². The summed E-state index contributed by atoms with van der Waals surface area (Å²) in [6, 6.07) is 17.7. The van der Waals surface area contributed by atoms with Crippen LogP contribution in [0.1, 0.15) is 43.4 Å². The summed E-state index contributed by atoms with van der Waals surface area (Å²) in [5.74, 6) is -1.78.